The summed E-state index contributed by atoms with van der Waals surface area (Å²) in [4.78, 5) is 10.8. The molecular formula is C13H26O2. The highest BCUT2D eigenvalue weighted by molar-refractivity contribution is 5.68. The molecule has 0 aromatic heterocycles. The Morgan fingerprint density at radius 3 is 2.27 bits per heavy atom. The Hall–Kier alpha value is -0.530. The van der Waals surface area contributed by atoms with Crippen LogP contribution in [0.3, 0.4) is 0 Å². The predicted molar refractivity (Wildman–Crippen MR) is 63.7 cm³/mol. The summed E-state index contributed by atoms with van der Waals surface area (Å²) in [6.45, 7) is 9.16. The van der Waals surface area contributed by atoms with Gasteiger partial charge in [0, 0.05) is 6.42 Å². The van der Waals surface area contributed by atoms with Crippen LogP contribution in [-0.2, 0) is 9.53 Å². The number of carbonyl (C=O) groups is 1. The summed E-state index contributed by atoms with van der Waals surface area (Å²) in [5, 5.41) is 0. The lowest BCUT2D eigenvalue weighted by Gasteiger charge is -2.27. The normalized spacial score (nSPS) is 13.7. The van der Waals surface area contributed by atoms with Crippen LogP contribution in [0.4, 0.5) is 0 Å². The highest BCUT2D eigenvalue weighted by Crippen LogP contribution is 2.29. The predicted octanol–water partition coefficient (Wildman–Crippen LogP) is 3.79. The molecule has 0 aromatic rings. The zero-order valence-electron chi connectivity index (χ0n) is 10.9. The molecular weight excluding hydrogens is 188 g/mol. The Labute approximate surface area is 94.4 Å². The van der Waals surface area contributed by atoms with Crippen molar-refractivity contribution in [3.63, 3.8) is 0 Å². The molecule has 90 valence electrons. The summed E-state index contributed by atoms with van der Waals surface area (Å²) in [5.41, 5.74) is 0.405. The molecule has 0 rings (SSSR count). The van der Waals surface area contributed by atoms with Crippen molar-refractivity contribution in [1.29, 1.82) is 0 Å². The van der Waals surface area contributed by atoms with Crippen LogP contribution in [0.15, 0.2) is 0 Å². The second kappa shape index (κ2) is 6.86. The molecule has 1 atom stereocenters. The van der Waals surface area contributed by atoms with Gasteiger partial charge in [0.2, 0.25) is 0 Å². The number of methoxy groups -OCH3 is 1. The molecule has 0 spiro atoms. The van der Waals surface area contributed by atoms with Gasteiger partial charge in [0.1, 0.15) is 0 Å². The van der Waals surface area contributed by atoms with E-state index in [1.165, 1.54) is 20.0 Å². The topological polar surface area (TPSA) is 26.3 Å². The van der Waals surface area contributed by atoms with Crippen molar-refractivity contribution >= 4 is 5.97 Å². The van der Waals surface area contributed by atoms with Gasteiger partial charge in [-0.2, -0.15) is 0 Å². The number of hydrogen-bond acceptors (Lipinski definition) is 2. The maximum absolute atomic E-state index is 10.8. The molecule has 0 heterocycles. The molecule has 0 radical (unpaired) electrons. The van der Waals surface area contributed by atoms with E-state index in [0.29, 0.717) is 11.8 Å². The molecule has 0 aliphatic heterocycles. The Morgan fingerprint density at radius 2 is 1.80 bits per heavy atom. The summed E-state index contributed by atoms with van der Waals surface area (Å²) in [6, 6.07) is 0. The van der Waals surface area contributed by atoms with E-state index >= 15 is 0 Å². The van der Waals surface area contributed by atoms with Crippen molar-refractivity contribution in [2.75, 3.05) is 7.11 Å². The molecule has 2 nitrogen and oxygen atoms in total. The van der Waals surface area contributed by atoms with E-state index in [-0.39, 0.29) is 5.97 Å². The molecule has 0 aliphatic carbocycles. The summed E-state index contributed by atoms with van der Waals surface area (Å²) in [6.07, 6.45) is 5.14. The molecule has 0 N–H and O–H groups in total. The molecule has 2 heteroatoms. The largest absolute Gasteiger partial charge is 0.469 e. The Morgan fingerprint density at radius 1 is 1.20 bits per heavy atom. The van der Waals surface area contributed by atoms with Gasteiger partial charge in [-0.3, -0.25) is 4.79 Å². The van der Waals surface area contributed by atoms with Gasteiger partial charge in [0.15, 0.2) is 0 Å². The highest BCUT2D eigenvalue weighted by Gasteiger charge is 2.18. The first-order valence-electron chi connectivity index (χ1n) is 5.94. The quantitative estimate of drug-likeness (QED) is 0.496. The summed E-state index contributed by atoms with van der Waals surface area (Å²) in [7, 11) is 1.45. The van der Waals surface area contributed by atoms with Crippen LogP contribution >= 0.6 is 0 Å². The monoisotopic (exact) mass is 214 g/mol. The van der Waals surface area contributed by atoms with E-state index in [2.05, 4.69) is 32.4 Å². The average Bonchev–Trinajstić information content (AvgIpc) is 2.15. The molecule has 15 heavy (non-hydrogen) atoms. The third-order valence-corrected chi connectivity index (χ3v) is 3.22. The fraction of sp³-hybridized carbons (Fsp3) is 0.923. The van der Waals surface area contributed by atoms with Gasteiger partial charge in [-0.1, -0.05) is 47.0 Å². The third kappa shape index (κ3) is 7.40. The van der Waals surface area contributed by atoms with Crippen LogP contribution in [0.2, 0.25) is 0 Å². The fourth-order valence-electron chi connectivity index (χ4n) is 1.43. The lowest BCUT2D eigenvalue weighted by Crippen LogP contribution is -2.16. The summed E-state index contributed by atoms with van der Waals surface area (Å²) < 4.78 is 4.59. The van der Waals surface area contributed by atoms with Gasteiger partial charge in [-0.25, -0.2) is 0 Å². The molecule has 0 saturated carbocycles. The number of ether oxygens (including phenoxy) is 1. The molecule has 0 aromatic carbocycles. The Bertz CT molecular complexity index is 179. The maximum Gasteiger partial charge on any atom is 0.305 e. The van der Waals surface area contributed by atoms with Crippen molar-refractivity contribution in [2.45, 2.75) is 59.8 Å². The van der Waals surface area contributed by atoms with Crippen LogP contribution in [-0.4, -0.2) is 13.1 Å². The fourth-order valence-corrected chi connectivity index (χ4v) is 1.43. The number of unbranched alkanes of at least 4 members (excludes halogenated alkanes) is 2. The van der Waals surface area contributed by atoms with Crippen LogP contribution in [0, 0.1) is 11.3 Å². The molecule has 0 fully saturated rings. The first-order chi connectivity index (χ1) is 6.88. The maximum atomic E-state index is 10.8. The zero-order chi connectivity index (χ0) is 11.9. The van der Waals surface area contributed by atoms with Crippen molar-refractivity contribution in [3.8, 4) is 0 Å². The van der Waals surface area contributed by atoms with Gasteiger partial charge < -0.3 is 4.74 Å². The molecule has 1 unspecified atom stereocenters. The molecule has 0 aliphatic rings. The second-order valence-corrected chi connectivity index (χ2v) is 5.44. The van der Waals surface area contributed by atoms with E-state index in [1.54, 1.807) is 0 Å². The smallest absolute Gasteiger partial charge is 0.305 e. The van der Waals surface area contributed by atoms with Crippen molar-refractivity contribution in [2.24, 2.45) is 11.3 Å². The van der Waals surface area contributed by atoms with Crippen LogP contribution in [0.25, 0.3) is 0 Å². The number of esters is 1. The first-order valence-corrected chi connectivity index (χ1v) is 5.94. The highest BCUT2D eigenvalue weighted by atomic mass is 16.5. The van der Waals surface area contributed by atoms with Crippen molar-refractivity contribution < 1.29 is 9.53 Å². The van der Waals surface area contributed by atoms with Gasteiger partial charge in [-0.15, -0.1) is 0 Å². The lowest BCUT2D eigenvalue weighted by atomic mass is 9.79. The zero-order valence-corrected chi connectivity index (χ0v) is 10.9. The molecule has 0 saturated heterocycles. The molecule has 0 bridgehead atoms. The van der Waals surface area contributed by atoms with E-state index in [1.807, 2.05) is 0 Å². The Kier molecular flexibility index (Phi) is 6.62. The van der Waals surface area contributed by atoms with Crippen LogP contribution in [0.5, 0.6) is 0 Å². The standard InChI is InChI=1S/C13H26O2/c1-11(13(2,3)4)9-7-6-8-10-12(14)15-5/h11H,6-10H2,1-5H3. The minimum atomic E-state index is -0.0844. The Balaban J connectivity index is 3.43. The third-order valence-electron chi connectivity index (χ3n) is 3.22. The minimum absolute atomic E-state index is 0.0844. The van der Waals surface area contributed by atoms with Gasteiger partial charge in [0.25, 0.3) is 0 Å². The van der Waals surface area contributed by atoms with E-state index in [0.717, 1.165) is 18.8 Å². The van der Waals surface area contributed by atoms with E-state index in [4.69, 9.17) is 0 Å². The minimum Gasteiger partial charge on any atom is -0.469 e. The summed E-state index contributed by atoms with van der Waals surface area (Å²) in [5.74, 6) is 0.662. The van der Waals surface area contributed by atoms with Gasteiger partial charge >= 0.3 is 5.97 Å². The van der Waals surface area contributed by atoms with Gasteiger partial charge in [0.05, 0.1) is 7.11 Å². The van der Waals surface area contributed by atoms with E-state index in [9.17, 15) is 4.79 Å². The number of rotatable bonds is 6. The van der Waals surface area contributed by atoms with Crippen LogP contribution in [0.1, 0.15) is 59.8 Å². The van der Waals surface area contributed by atoms with Crippen molar-refractivity contribution in [1.82, 2.24) is 0 Å². The summed E-state index contributed by atoms with van der Waals surface area (Å²) >= 11 is 0. The average molecular weight is 214 g/mol. The lowest BCUT2D eigenvalue weighted by molar-refractivity contribution is -0.140. The molecule has 0 amide bonds. The van der Waals surface area contributed by atoms with Crippen LogP contribution < -0.4 is 0 Å². The SMILES string of the molecule is COC(=O)CCCCCC(C)C(C)(C)C. The first kappa shape index (κ1) is 14.5. The number of hydrogen-bond donors (Lipinski definition) is 0. The second-order valence-electron chi connectivity index (χ2n) is 5.44. The number of carbonyl (C=O) groups excluding carboxylic acids is 1. The van der Waals surface area contributed by atoms with Gasteiger partial charge in [-0.05, 0) is 17.8 Å². The van der Waals surface area contributed by atoms with Crippen molar-refractivity contribution in [3.05, 3.63) is 0 Å². The van der Waals surface area contributed by atoms with E-state index < -0.39 is 0 Å².